The minimum absolute atomic E-state index is 0.202. The van der Waals surface area contributed by atoms with Crippen molar-refractivity contribution >= 4 is 11.8 Å². The van der Waals surface area contributed by atoms with Gasteiger partial charge in [0.25, 0.3) is 0 Å². The van der Waals surface area contributed by atoms with E-state index in [2.05, 4.69) is 10.1 Å². The van der Waals surface area contributed by atoms with Crippen molar-refractivity contribution in [2.45, 2.75) is 30.6 Å². The molecule has 0 aromatic carbocycles. The highest BCUT2D eigenvalue weighted by atomic mass is 32.2. The molecular formula is C9H14N2O3S. The average molecular weight is 230 g/mol. The number of thioether (sulfide) groups is 1. The van der Waals surface area contributed by atoms with Crippen molar-refractivity contribution in [3.05, 3.63) is 11.7 Å². The summed E-state index contributed by atoms with van der Waals surface area (Å²) in [5.41, 5.74) is 0. The van der Waals surface area contributed by atoms with Crippen molar-refractivity contribution < 1.29 is 14.7 Å². The van der Waals surface area contributed by atoms with Crippen molar-refractivity contribution in [1.29, 1.82) is 0 Å². The van der Waals surface area contributed by atoms with E-state index in [0.29, 0.717) is 23.2 Å². The van der Waals surface area contributed by atoms with E-state index >= 15 is 0 Å². The van der Waals surface area contributed by atoms with Gasteiger partial charge in [-0.3, -0.25) is 0 Å². The van der Waals surface area contributed by atoms with E-state index in [4.69, 9.17) is 14.7 Å². The van der Waals surface area contributed by atoms with Gasteiger partial charge in [-0.1, -0.05) is 5.16 Å². The fourth-order valence-electron chi connectivity index (χ4n) is 1.16. The zero-order valence-corrected chi connectivity index (χ0v) is 9.11. The van der Waals surface area contributed by atoms with E-state index in [1.54, 1.807) is 0 Å². The molecular weight excluding hydrogens is 216 g/mol. The molecule has 0 radical (unpaired) electrons. The van der Waals surface area contributed by atoms with Crippen molar-refractivity contribution in [1.82, 2.24) is 10.1 Å². The predicted molar refractivity (Wildman–Crippen MR) is 55.5 cm³/mol. The smallest absolute Gasteiger partial charge is 0.229 e. The highest BCUT2D eigenvalue weighted by Crippen LogP contribution is 2.38. The lowest BCUT2D eigenvalue weighted by Crippen LogP contribution is -2.14. The first-order valence-electron chi connectivity index (χ1n) is 4.98. The van der Waals surface area contributed by atoms with Gasteiger partial charge in [0.15, 0.2) is 5.82 Å². The SMILES string of the molecule is OCC(O)CSCc1noc(C2CC2)n1. The molecule has 0 amide bonds. The van der Waals surface area contributed by atoms with E-state index in [0.717, 1.165) is 18.7 Å². The molecule has 1 heterocycles. The van der Waals surface area contributed by atoms with Crippen molar-refractivity contribution in [3.63, 3.8) is 0 Å². The minimum atomic E-state index is -0.662. The van der Waals surface area contributed by atoms with Gasteiger partial charge in [-0.25, -0.2) is 0 Å². The van der Waals surface area contributed by atoms with Gasteiger partial charge < -0.3 is 14.7 Å². The first-order chi connectivity index (χ1) is 7.29. The third kappa shape index (κ3) is 3.19. The van der Waals surface area contributed by atoms with Crippen LogP contribution in [0.2, 0.25) is 0 Å². The Labute approximate surface area is 91.9 Å². The number of aliphatic hydroxyl groups excluding tert-OH is 2. The number of rotatable bonds is 6. The van der Waals surface area contributed by atoms with Crippen molar-refractivity contribution in [3.8, 4) is 0 Å². The topological polar surface area (TPSA) is 79.4 Å². The van der Waals surface area contributed by atoms with Gasteiger partial charge in [-0.2, -0.15) is 16.7 Å². The van der Waals surface area contributed by atoms with Crippen LogP contribution in [0.1, 0.15) is 30.5 Å². The second kappa shape index (κ2) is 4.96. The molecule has 2 rings (SSSR count). The zero-order chi connectivity index (χ0) is 10.7. The van der Waals surface area contributed by atoms with Crippen LogP contribution in [-0.4, -0.2) is 38.8 Å². The summed E-state index contributed by atoms with van der Waals surface area (Å²) >= 11 is 1.49. The second-order valence-corrected chi connectivity index (χ2v) is 4.70. The Morgan fingerprint density at radius 2 is 2.33 bits per heavy atom. The van der Waals surface area contributed by atoms with Crippen LogP contribution in [0.15, 0.2) is 4.52 Å². The number of hydrogen-bond acceptors (Lipinski definition) is 6. The summed E-state index contributed by atoms with van der Waals surface area (Å²) in [6.45, 7) is -0.202. The molecule has 1 aromatic heterocycles. The molecule has 1 unspecified atom stereocenters. The first kappa shape index (κ1) is 10.9. The van der Waals surface area contributed by atoms with Crippen molar-refractivity contribution in [2.24, 2.45) is 0 Å². The molecule has 5 nitrogen and oxygen atoms in total. The standard InChI is InChI=1S/C9H14N2O3S/c12-3-7(13)4-15-5-8-10-9(14-11-8)6-1-2-6/h6-7,12-13H,1-5H2. The largest absolute Gasteiger partial charge is 0.394 e. The fraction of sp³-hybridized carbons (Fsp3) is 0.778. The summed E-state index contributed by atoms with van der Waals surface area (Å²) in [6.07, 6.45) is 1.64. The Morgan fingerprint density at radius 1 is 1.53 bits per heavy atom. The van der Waals surface area contributed by atoms with Crippen LogP contribution >= 0.6 is 11.8 Å². The second-order valence-electron chi connectivity index (χ2n) is 3.67. The normalized spacial score (nSPS) is 18.0. The molecule has 84 valence electrons. The van der Waals surface area contributed by atoms with E-state index in [1.807, 2.05) is 0 Å². The molecule has 0 bridgehead atoms. The molecule has 0 saturated heterocycles. The maximum atomic E-state index is 9.10. The monoisotopic (exact) mass is 230 g/mol. The molecule has 1 fully saturated rings. The predicted octanol–water partition coefficient (Wildman–Crippen LogP) is 0.533. The van der Waals surface area contributed by atoms with Gasteiger partial charge in [-0.05, 0) is 12.8 Å². The van der Waals surface area contributed by atoms with E-state index in [1.165, 1.54) is 11.8 Å². The summed E-state index contributed by atoms with van der Waals surface area (Å²) < 4.78 is 5.09. The van der Waals surface area contributed by atoms with Crippen LogP contribution in [-0.2, 0) is 5.75 Å². The van der Waals surface area contributed by atoms with Gasteiger partial charge in [0.2, 0.25) is 5.89 Å². The number of aliphatic hydroxyl groups is 2. The fourth-order valence-corrected chi connectivity index (χ4v) is 1.96. The Hall–Kier alpha value is -0.590. The van der Waals surface area contributed by atoms with Gasteiger partial charge >= 0.3 is 0 Å². The maximum absolute atomic E-state index is 9.10. The lowest BCUT2D eigenvalue weighted by Gasteiger charge is -2.03. The van der Waals surface area contributed by atoms with Crippen LogP contribution in [0, 0.1) is 0 Å². The average Bonchev–Trinajstić information content (AvgIpc) is 2.99. The summed E-state index contributed by atoms with van der Waals surface area (Å²) in [5, 5.41) is 21.6. The molecule has 0 aliphatic heterocycles. The highest BCUT2D eigenvalue weighted by molar-refractivity contribution is 7.98. The third-order valence-electron chi connectivity index (χ3n) is 2.16. The zero-order valence-electron chi connectivity index (χ0n) is 8.30. The Kier molecular flexibility index (Phi) is 3.61. The van der Waals surface area contributed by atoms with Gasteiger partial charge in [0.1, 0.15) is 0 Å². The summed E-state index contributed by atoms with van der Waals surface area (Å²) in [4.78, 5) is 4.25. The lowest BCUT2D eigenvalue weighted by molar-refractivity contribution is 0.113. The van der Waals surface area contributed by atoms with Crippen molar-refractivity contribution in [2.75, 3.05) is 12.4 Å². The number of hydrogen-bond donors (Lipinski definition) is 2. The summed E-state index contributed by atoms with van der Waals surface area (Å²) in [7, 11) is 0. The van der Waals surface area contributed by atoms with E-state index in [-0.39, 0.29) is 6.61 Å². The quantitative estimate of drug-likeness (QED) is 0.742. The third-order valence-corrected chi connectivity index (χ3v) is 3.25. The lowest BCUT2D eigenvalue weighted by atomic mass is 10.4. The van der Waals surface area contributed by atoms with Crippen LogP contribution in [0.5, 0.6) is 0 Å². The van der Waals surface area contributed by atoms with Crippen LogP contribution in [0.3, 0.4) is 0 Å². The Morgan fingerprint density at radius 3 is 3.00 bits per heavy atom. The van der Waals surface area contributed by atoms with Crippen LogP contribution < -0.4 is 0 Å². The molecule has 1 aliphatic carbocycles. The Bertz CT molecular complexity index is 314. The molecule has 1 saturated carbocycles. The Balaban J connectivity index is 1.73. The van der Waals surface area contributed by atoms with Crippen LogP contribution in [0.4, 0.5) is 0 Å². The van der Waals surface area contributed by atoms with E-state index in [9.17, 15) is 0 Å². The van der Waals surface area contributed by atoms with Gasteiger partial charge in [0, 0.05) is 11.7 Å². The van der Waals surface area contributed by atoms with Crippen LogP contribution in [0.25, 0.3) is 0 Å². The molecule has 15 heavy (non-hydrogen) atoms. The first-order valence-corrected chi connectivity index (χ1v) is 6.14. The molecule has 2 N–H and O–H groups in total. The molecule has 1 aliphatic rings. The van der Waals surface area contributed by atoms with Gasteiger partial charge in [0.05, 0.1) is 18.5 Å². The van der Waals surface area contributed by atoms with Gasteiger partial charge in [-0.15, -0.1) is 0 Å². The van der Waals surface area contributed by atoms with E-state index < -0.39 is 6.10 Å². The molecule has 1 aromatic rings. The molecule has 1 atom stereocenters. The highest BCUT2D eigenvalue weighted by Gasteiger charge is 2.29. The summed E-state index contributed by atoms with van der Waals surface area (Å²) in [5.74, 6) is 3.01. The minimum Gasteiger partial charge on any atom is -0.394 e. The summed E-state index contributed by atoms with van der Waals surface area (Å²) in [6, 6.07) is 0. The maximum Gasteiger partial charge on any atom is 0.229 e. The molecule has 0 spiro atoms. The molecule has 6 heteroatoms. The number of nitrogens with zero attached hydrogens (tertiary/aromatic N) is 2. The number of aromatic nitrogens is 2.